The fraction of sp³-hybridized carbons (Fsp3) is 0.500. The summed E-state index contributed by atoms with van der Waals surface area (Å²) in [6.07, 6.45) is 6.16. The van der Waals surface area contributed by atoms with Crippen molar-refractivity contribution < 1.29 is 14.1 Å². The molecule has 0 aliphatic heterocycles. The third-order valence-electron chi connectivity index (χ3n) is 3.48. The number of carboxylic acids is 1. The maximum atomic E-state index is 12.2. The molecule has 1 saturated carbocycles. The number of hydrogen-bond acceptors (Lipinski definition) is 2. The molecule has 0 bridgehead atoms. The molecule has 1 atom stereocenters. The second-order valence-corrected chi connectivity index (χ2v) is 6.34. The minimum absolute atomic E-state index is 0.244. The second-order valence-electron chi connectivity index (χ2n) is 4.85. The van der Waals surface area contributed by atoms with Gasteiger partial charge in [0.05, 0.1) is 16.4 Å². The van der Waals surface area contributed by atoms with Gasteiger partial charge in [0, 0.05) is 10.6 Å². The summed E-state index contributed by atoms with van der Waals surface area (Å²) in [6.45, 7) is 0. The van der Waals surface area contributed by atoms with E-state index in [-0.39, 0.29) is 5.56 Å². The van der Waals surface area contributed by atoms with Crippen molar-refractivity contribution in [3.8, 4) is 0 Å². The molecular formula is C14H18O3S. The molecule has 98 valence electrons. The number of carbonyl (C=O) groups is 1. The van der Waals surface area contributed by atoms with Gasteiger partial charge in [0.2, 0.25) is 0 Å². The molecule has 18 heavy (non-hydrogen) atoms. The van der Waals surface area contributed by atoms with E-state index in [1.165, 1.54) is 44.2 Å². The van der Waals surface area contributed by atoms with E-state index in [0.29, 0.717) is 11.7 Å². The summed E-state index contributed by atoms with van der Waals surface area (Å²) in [7, 11) is -0.995. The van der Waals surface area contributed by atoms with Crippen molar-refractivity contribution in [3.05, 3.63) is 29.8 Å². The Morgan fingerprint density at radius 3 is 2.33 bits per heavy atom. The molecule has 2 rings (SSSR count). The van der Waals surface area contributed by atoms with E-state index in [9.17, 15) is 9.00 Å². The first-order valence-corrected chi connectivity index (χ1v) is 7.70. The highest BCUT2D eigenvalue weighted by atomic mass is 32.2. The van der Waals surface area contributed by atoms with Crippen LogP contribution < -0.4 is 0 Å². The monoisotopic (exact) mass is 266 g/mol. The maximum absolute atomic E-state index is 12.2. The summed E-state index contributed by atoms with van der Waals surface area (Å²) < 4.78 is 12.2. The molecule has 4 heteroatoms. The minimum atomic E-state index is -0.995. The van der Waals surface area contributed by atoms with Gasteiger partial charge in [-0.15, -0.1) is 0 Å². The van der Waals surface area contributed by atoms with E-state index in [0.717, 1.165) is 4.90 Å². The largest absolute Gasteiger partial charge is 0.478 e. The lowest BCUT2D eigenvalue weighted by atomic mass is 9.91. The van der Waals surface area contributed by atoms with E-state index in [1.54, 1.807) is 12.1 Å². The Balaban J connectivity index is 1.97. The Labute approximate surface area is 110 Å². The van der Waals surface area contributed by atoms with E-state index < -0.39 is 16.8 Å². The predicted molar refractivity (Wildman–Crippen MR) is 71.3 cm³/mol. The highest BCUT2D eigenvalue weighted by Crippen LogP contribution is 2.25. The van der Waals surface area contributed by atoms with Crippen LogP contribution in [-0.4, -0.2) is 21.0 Å². The van der Waals surface area contributed by atoms with Crippen LogP contribution in [0.5, 0.6) is 0 Å². The first kappa shape index (κ1) is 13.3. The van der Waals surface area contributed by atoms with Gasteiger partial charge in [0.15, 0.2) is 0 Å². The Kier molecular flexibility index (Phi) is 4.53. The van der Waals surface area contributed by atoms with Crippen LogP contribution in [0.25, 0.3) is 0 Å². The molecule has 1 aromatic rings. The number of carboxylic acid groups (broad SMARTS) is 1. The molecule has 0 radical (unpaired) electrons. The lowest BCUT2D eigenvalue weighted by molar-refractivity contribution is 0.0697. The van der Waals surface area contributed by atoms with Crippen LogP contribution in [-0.2, 0) is 10.8 Å². The maximum Gasteiger partial charge on any atom is 0.335 e. The molecule has 0 saturated heterocycles. The Morgan fingerprint density at radius 1 is 1.17 bits per heavy atom. The highest BCUT2D eigenvalue weighted by Gasteiger charge is 2.17. The van der Waals surface area contributed by atoms with E-state index in [2.05, 4.69) is 0 Å². The van der Waals surface area contributed by atoms with Crippen LogP contribution in [0.4, 0.5) is 0 Å². The minimum Gasteiger partial charge on any atom is -0.478 e. The SMILES string of the molecule is O=C(O)c1ccc(S(=O)CC2CCCCC2)cc1. The molecule has 1 N–H and O–H groups in total. The van der Waals surface area contributed by atoms with Crippen molar-refractivity contribution in [2.75, 3.05) is 5.75 Å². The van der Waals surface area contributed by atoms with Gasteiger partial charge in [-0.1, -0.05) is 19.3 Å². The fourth-order valence-corrected chi connectivity index (χ4v) is 3.81. The molecule has 0 spiro atoms. The van der Waals surface area contributed by atoms with E-state index in [1.807, 2.05) is 0 Å². The quantitative estimate of drug-likeness (QED) is 0.911. The zero-order chi connectivity index (χ0) is 13.0. The van der Waals surface area contributed by atoms with Crippen molar-refractivity contribution in [2.45, 2.75) is 37.0 Å². The lowest BCUT2D eigenvalue weighted by Gasteiger charge is -2.20. The van der Waals surface area contributed by atoms with Crippen LogP contribution in [0.15, 0.2) is 29.2 Å². The van der Waals surface area contributed by atoms with Gasteiger partial charge in [-0.3, -0.25) is 4.21 Å². The van der Waals surface area contributed by atoms with Crippen molar-refractivity contribution >= 4 is 16.8 Å². The van der Waals surface area contributed by atoms with Crippen molar-refractivity contribution in [1.82, 2.24) is 0 Å². The molecular weight excluding hydrogens is 248 g/mol. The van der Waals surface area contributed by atoms with Gasteiger partial charge in [0.1, 0.15) is 0 Å². The average molecular weight is 266 g/mol. The molecule has 1 aliphatic carbocycles. The lowest BCUT2D eigenvalue weighted by Crippen LogP contribution is -2.14. The van der Waals surface area contributed by atoms with Crippen LogP contribution in [0, 0.1) is 5.92 Å². The summed E-state index contributed by atoms with van der Waals surface area (Å²) >= 11 is 0. The van der Waals surface area contributed by atoms with Gasteiger partial charge < -0.3 is 5.11 Å². The summed E-state index contributed by atoms with van der Waals surface area (Å²) in [6, 6.07) is 6.39. The molecule has 3 nitrogen and oxygen atoms in total. The number of hydrogen-bond donors (Lipinski definition) is 1. The second kappa shape index (κ2) is 6.14. The van der Waals surface area contributed by atoms with Gasteiger partial charge in [-0.25, -0.2) is 4.79 Å². The fourth-order valence-electron chi connectivity index (χ4n) is 2.41. The number of rotatable bonds is 4. The van der Waals surface area contributed by atoms with Crippen LogP contribution in [0.2, 0.25) is 0 Å². The van der Waals surface area contributed by atoms with Crippen LogP contribution >= 0.6 is 0 Å². The molecule has 0 amide bonds. The zero-order valence-electron chi connectivity index (χ0n) is 10.3. The highest BCUT2D eigenvalue weighted by molar-refractivity contribution is 7.85. The third kappa shape index (κ3) is 3.42. The van der Waals surface area contributed by atoms with Gasteiger partial charge in [0.25, 0.3) is 0 Å². The first-order valence-electron chi connectivity index (χ1n) is 6.38. The summed E-state index contributed by atoms with van der Waals surface area (Å²) in [4.78, 5) is 11.5. The van der Waals surface area contributed by atoms with Gasteiger partial charge in [-0.2, -0.15) is 0 Å². The van der Waals surface area contributed by atoms with Crippen molar-refractivity contribution in [1.29, 1.82) is 0 Å². The van der Waals surface area contributed by atoms with Crippen molar-refractivity contribution in [3.63, 3.8) is 0 Å². The topological polar surface area (TPSA) is 54.4 Å². The zero-order valence-corrected chi connectivity index (χ0v) is 11.1. The van der Waals surface area contributed by atoms with Crippen LogP contribution in [0.3, 0.4) is 0 Å². The molecule has 1 unspecified atom stereocenters. The third-order valence-corrected chi connectivity index (χ3v) is 5.05. The first-order chi connectivity index (χ1) is 8.66. The van der Waals surface area contributed by atoms with E-state index in [4.69, 9.17) is 5.11 Å². The standard InChI is InChI=1S/C14H18O3S/c15-14(16)12-6-8-13(9-7-12)18(17)10-11-4-2-1-3-5-11/h6-9,11H,1-5,10H2,(H,15,16). The summed E-state index contributed by atoms with van der Waals surface area (Å²) in [5.74, 6) is 0.338. The van der Waals surface area contributed by atoms with Crippen molar-refractivity contribution in [2.24, 2.45) is 5.92 Å². The Bertz CT molecular complexity index is 433. The summed E-state index contributed by atoms with van der Waals surface area (Å²) in [5, 5.41) is 8.80. The molecule has 0 heterocycles. The average Bonchev–Trinajstić information content (AvgIpc) is 2.40. The number of aromatic carboxylic acids is 1. The molecule has 1 aliphatic rings. The van der Waals surface area contributed by atoms with E-state index >= 15 is 0 Å². The number of benzene rings is 1. The molecule has 0 aromatic heterocycles. The van der Waals surface area contributed by atoms with Crippen LogP contribution in [0.1, 0.15) is 42.5 Å². The smallest absolute Gasteiger partial charge is 0.335 e. The Morgan fingerprint density at radius 2 is 1.78 bits per heavy atom. The summed E-state index contributed by atoms with van der Waals surface area (Å²) in [5.41, 5.74) is 0.244. The van der Waals surface area contributed by atoms with Gasteiger partial charge in [-0.05, 0) is 43.0 Å². The normalized spacial score (nSPS) is 18.4. The molecule has 1 aromatic carbocycles. The van der Waals surface area contributed by atoms with Gasteiger partial charge >= 0.3 is 5.97 Å². The predicted octanol–water partition coefficient (Wildman–Crippen LogP) is 3.07. The molecule has 1 fully saturated rings. The Hall–Kier alpha value is -1.16.